The minimum atomic E-state index is -1.98. The Bertz CT molecular complexity index is 2010. The average molecular weight is 1400 g/mol. The number of carbonyl (C=O) groups is 1. The first kappa shape index (κ1) is 89.7. The topological polar surface area (TPSA) is 307 Å². The molecule has 0 radical (unpaired) electrons. The minimum Gasteiger partial charge on any atom is -0.394 e. The van der Waals surface area contributed by atoms with Crippen molar-refractivity contribution in [3.63, 3.8) is 0 Å². The SMILES string of the molecule is CCCCCCC/C=C\C/C=C\CCCCCCCCCCCCCCCC(=O)NC(COC1OC(CO)C(OC2OC(CO)C(OC3OC(CO)C(O)C(O)C3O)C(O)C2O)C(O)C1O)C(O)/C=C/CC/C=C/CC/C=C/CCCCCCCCCCCCCCCCCCCC. The van der Waals surface area contributed by atoms with Crippen molar-refractivity contribution in [3.8, 4) is 0 Å². The van der Waals surface area contributed by atoms with Crippen molar-refractivity contribution >= 4 is 5.91 Å². The van der Waals surface area contributed by atoms with Gasteiger partial charge < -0.3 is 89.9 Å². The number of rotatable bonds is 62. The number of unbranched alkanes of at least 4 members (excludes halogenated alkanes) is 38. The van der Waals surface area contributed by atoms with Crippen LogP contribution in [0.15, 0.2) is 60.8 Å². The lowest BCUT2D eigenvalue weighted by molar-refractivity contribution is -0.379. The Balaban J connectivity index is 1.41. The molecule has 19 heteroatoms. The molecule has 3 aliphatic heterocycles. The molecule has 0 aromatic rings. The Morgan fingerprint density at radius 3 is 1.08 bits per heavy atom. The lowest BCUT2D eigenvalue weighted by Gasteiger charge is -2.48. The molecule has 0 spiro atoms. The fraction of sp³-hybridized carbons (Fsp3) is 0.861. The number of allylic oxidation sites excluding steroid dienone is 9. The van der Waals surface area contributed by atoms with E-state index in [0.717, 1.165) is 51.4 Å². The van der Waals surface area contributed by atoms with Gasteiger partial charge in [-0.25, -0.2) is 0 Å². The van der Waals surface area contributed by atoms with Gasteiger partial charge in [-0.3, -0.25) is 4.79 Å². The molecule has 1 amide bonds. The van der Waals surface area contributed by atoms with Gasteiger partial charge in [0.05, 0.1) is 38.6 Å². The average Bonchev–Trinajstić information content (AvgIpc) is 0.784. The molecule has 0 aliphatic carbocycles. The zero-order valence-corrected chi connectivity index (χ0v) is 61.0. The van der Waals surface area contributed by atoms with Gasteiger partial charge in [-0.2, -0.15) is 0 Å². The van der Waals surface area contributed by atoms with Gasteiger partial charge in [-0.05, 0) is 77.0 Å². The predicted molar refractivity (Wildman–Crippen MR) is 388 cm³/mol. The molecular weight excluding hydrogens is 1250 g/mol. The smallest absolute Gasteiger partial charge is 0.220 e. The van der Waals surface area contributed by atoms with Gasteiger partial charge in [0, 0.05) is 6.42 Å². The Kier molecular flexibility index (Phi) is 54.8. The van der Waals surface area contributed by atoms with Crippen molar-refractivity contribution in [1.29, 1.82) is 0 Å². The Hall–Kier alpha value is -2.51. The number of ether oxygens (including phenoxy) is 6. The first-order valence-electron chi connectivity index (χ1n) is 39.5. The largest absolute Gasteiger partial charge is 0.394 e. The quantitative estimate of drug-likeness (QED) is 0.0199. The summed E-state index contributed by atoms with van der Waals surface area (Å²) in [7, 11) is 0. The molecule has 17 unspecified atom stereocenters. The summed E-state index contributed by atoms with van der Waals surface area (Å²) in [5.74, 6) is -0.288. The molecule has 3 fully saturated rings. The standard InChI is InChI=1S/C79H143NO18/c1-3-5-7-9-11-13-15-17-19-21-23-25-27-29-30-31-33-34-36-38-40-42-44-46-48-50-52-54-56-63(84)62(80-67(85)57-55-53-51-49-47-45-43-41-39-37-35-32-28-26-24-22-20-18-16-14-12-10-8-6-4-2)61-93-77-73(91)70(88)75(65(59-82)95-77)98-79-74(92)71(89)76(66(60-83)96-79)97-78-72(90)69(87)68(86)64(58-81)94-78/h16,18,22,24,38,40,46,48,54,56,62-66,68-79,81-84,86-92H,3-15,17,19-21,23,25-37,39,41-45,47,49-53,55,57-61H2,1-2H3,(H,80,85)/b18-16-,24-22-,40-38+,48-46+,56-54+. The highest BCUT2D eigenvalue weighted by Crippen LogP contribution is 2.33. The third-order valence-corrected chi connectivity index (χ3v) is 19.5. The summed E-state index contributed by atoms with van der Waals surface area (Å²) < 4.78 is 34.4. The lowest BCUT2D eigenvalue weighted by Crippen LogP contribution is -2.66. The van der Waals surface area contributed by atoms with Crippen LogP contribution in [0.3, 0.4) is 0 Å². The van der Waals surface area contributed by atoms with Gasteiger partial charge in [-0.1, -0.05) is 280 Å². The van der Waals surface area contributed by atoms with E-state index in [0.29, 0.717) is 12.8 Å². The summed E-state index contributed by atoms with van der Waals surface area (Å²) in [6.45, 7) is 1.73. The number of nitrogens with one attached hydrogen (secondary N) is 1. The van der Waals surface area contributed by atoms with Crippen LogP contribution < -0.4 is 5.32 Å². The minimum absolute atomic E-state index is 0.230. The third-order valence-electron chi connectivity index (χ3n) is 19.5. The normalized spacial score (nSPS) is 27.1. The van der Waals surface area contributed by atoms with Crippen LogP contribution in [-0.4, -0.2) is 193 Å². The van der Waals surface area contributed by atoms with E-state index in [1.807, 2.05) is 6.08 Å². The summed E-state index contributed by atoms with van der Waals surface area (Å²) in [6.07, 6.45) is 49.2. The maximum Gasteiger partial charge on any atom is 0.220 e. The Labute approximate surface area is 592 Å². The Morgan fingerprint density at radius 1 is 0.367 bits per heavy atom. The van der Waals surface area contributed by atoms with E-state index >= 15 is 0 Å². The molecule has 3 heterocycles. The fourth-order valence-corrected chi connectivity index (χ4v) is 13.1. The summed E-state index contributed by atoms with van der Waals surface area (Å²) in [6, 6.07) is -1.00. The molecule has 3 rings (SSSR count). The molecule has 0 saturated carbocycles. The second kappa shape index (κ2) is 59.8. The molecule has 0 bridgehead atoms. The second-order valence-corrected chi connectivity index (χ2v) is 28.2. The van der Waals surface area contributed by atoms with E-state index in [1.165, 1.54) is 218 Å². The van der Waals surface area contributed by atoms with Crippen molar-refractivity contribution in [2.24, 2.45) is 0 Å². The van der Waals surface area contributed by atoms with Crippen LogP contribution in [0.1, 0.15) is 303 Å². The monoisotopic (exact) mass is 1390 g/mol. The van der Waals surface area contributed by atoms with Gasteiger partial charge in [0.15, 0.2) is 18.9 Å². The van der Waals surface area contributed by atoms with Crippen LogP contribution in [0.4, 0.5) is 0 Å². The van der Waals surface area contributed by atoms with Gasteiger partial charge in [0.2, 0.25) is 5.91 Å². The maximum absolute atomic E-state index is 13.5. The molecule has 12 N–H and O–H groups in total. The summed E-state index contributed by atoms with van der Waals surface area (Å²) >= 11 is 0. The van der Waals surface area contributed by atoms with Crippen LogP contribution in [0.2, 0.25) is 0 Å². The van der Waals surface area contributed by atoms with Gasteiger partial charge in [-0.15, -0.1) is 0 Å². The van der Waals surface area contributed by atoms with Crippen molar-refractivity contribution in [2.45, 2.75) is 407 Å². The summed E-state index contributed by atoms with van der Waals surface area (Å²) in [5.41, 5.74) is 0. The second-order valence-electron chi connectivity index (χ2n) is 28.2. The highest BCUT2D eigenvalue weighted by molar-refractivity contribution is 5.76. The van der Waals surface area contributed by atoms with E-state index in [-0.39, 0.29) is 18.9 Å². The van der Waals surface area contributed by atoms with Crippen LogP contribution in [0, 0.1) is 0 Å². The molecule has 98 heavy (non-hydrogen) atoms. The van der Waals surface area contributed by atoms with Crippen LogP contribution >= 0.6 is 0 Å². The fourth-order valence-electron chi connectivity index (χ4n) is 13.1. The molecule has 0 aromatic heterocycles. The molecule has 3 saturated heterocycles. The highest BCUT2D eigenvalue weighted by atomic mass is 16.8. The highest BCUT2D eigenvalue weighted by Gasteiger charge is 2.53. The number of carbonyl (C=O) groups excluding carboxylic acids is 1. The molecule has 0 aromatic carbocycles. The zero-order valence-electron chi connectivity index (χ0n) is 61.0. The Morgan fingerprint density at radius 2 is 0.684 bits per heavy atom. The van der Waals surface area contributed by atoms with Gasteiger partial charge >= 0.3 is 0 Å². The van der Waals surface area contributed by atoms with E-state index < -0.39 is 124 Å². The van der Waals surface area contributed by atoms with Crippen molar-refractivity contribution in [3.05, 3.63) is 60.8 Å². The van der Waals surface area contributed by atoms with Crippen molar-refractivity contribution < 1.29 is 89.4 Å². The predicted octanol–water partition coefficient (Wildman–Crippen LogP) is 12.7. The zero-order chi connectivity index (χ0) is 71.1. The number of hydrogen-bond donors (Lipinski definition) is 12. The number of aliphatic hydroxyl groups is 11. The molecule has 3 aliphatic rings. The van der Waals surface area contributed by atoms with E-state index in [1.54, 1.807) is 6.08 Å². The van der Waals surface area contributed by atoms with Crippen LogP contribution in [0.25, 0.3) is 0 Å². The van der Waals surface area contributed by atoms with Crippen molar-refractivity contribution in [2.75, 3.05) is 26.4 Å². The molecular formula is C79H143NO18. The molecule has 17 atom stereocenters. The molecule has 572 valence electrons. The van der Waals surface area contributed by atoms with Crippen LogP contribution in [-0.2, 0) is 33.2 Å². The number of aliphatic hydroxyl groups excluding tert-OH is 11. The van der Waals surface area contributed by atoms with Crippen molar-refractivity contribution in [1.82, 2.24) is 5.32 Å². The number of hydrogen-bond acceptors (Lipinski definition) is 18. The van der Waals surface area contributed by atoms with E-state index in [4.69, 9.17) is 28.4 Å². The molecule has 19 nitrogen and oxygen atoms in total. The lowest BCUT2D eigenvalue weighted by atomic mass is 9.96. The van der Waals surface area contributed by atoms with Gasteiger partial charge in [0.25, 0.3) is 0 Å². The summed E-state index contributed by atoms with van der Waals surface area (Å²) in [4.78, 5) is 13.5. The van der Waals surface area contributed by atoms with Gasteiger partial charge in [0.1, 0.15) is 73.2 Å². The summed E-state index contributed by atoms with van der Waals surface area (Å²) in [5, 5.41) is 121. The number of amides is 1. The maximum atomic E-state index is 13.5. The first-order chi connectivity index (χ1) is 47.8. The van der Waals surface area contributed by atoms with Crippen LogP contribution in [0.5, 0.6) is 0 Å². The van der Waals surface area contributed by atoms with E-state index in [2.05, 4.69) is 67.8 Å². The third kappa shape index (κ3) is 39.9. The first-order valence-corrected chi connectivity index (χ1v) is 39.5. The van der Waals surface area contributed by atoms with E-state index in [9.17, 15) is 61.0 Å².